The molecule has 0 unspecified atom stereocenters. The molecule has 0 saturated heterocycles. The zero-order valence-electron chi connectivity index (χ0n) is 11.1. The SMILES string of the molecule is Cc1ccc(Cl)cc1NCc1cccc(C(N)=NO)c1. The van der Waals surface area contributed by atoms with Gasteiger partial charge in [0, 0.05) is 22.8 Å². The van der Waals surface area contributed by atoms with Crippen molar-refractivity contribution >= 4 is 23.1 Å². The maximum Gasteiger partial charge on any atom is 0.170 e. The van der Waals surface area contributed by atoms with Gasteiger partial charge in [-0.3, -0.25) is 0 Å². The van der Waals surface area contributed by atoms with E-state index >= 15 is 0 Å². The Morgan fingerprint density at radius 1 is 1.30 bits per heavy atom. The summed E-state index contributed by atoms with van der Waals surface area (Å²) >= 11 is 5.98. The van der Waals surface area contributed by atoms with E-state index in [9.17, 15) is 0 Å². The van der Waals surface area contributed by atoms with Crippen molar-refractivity contribution in [3.8, 4) is 0 Å². The molecule has 0 saturated carbocycles. The molecule has 0 aliphatic carbocycles. The maximum absolute atomic E-state index is 8.69. The number of benzene rings is 2. The molecule has 4 N–H and O–H groups in total. The number of hydrogen-bond acceptors (Lipinski definition) is 3. The number of amidine groups is 1. The third kappa shape index (κ3) is 3.42. The molecule has 5 heteroatoms. The van der Waals surface area contributed by atoms with E-state index in [-0.39, 0.29) is 5.84 Å². The second kappa shape index (κ2) is 6.30. The van der Waals surface area contributed by atoms with Crippen molar-refractivity contribution in [2.75, 3.05) is 5.32 Å². The number of nitrogens with zero attached hydrogens (tertiary/aromatic N) is 1. The third-order valence-corrected chi connectivity index (χ3v) is 3.25. The predicted molar refractivity (Wildman–Crippen MR) is 82.5 cm³/mol. The Kier molecular flexibility index (Phi) is 4.48. The fourth-order valence-corrected chi connectivity index (χ4v) is 2.05. The molecule has 2 rings (SSSR count). The minimum atomic E-state index is 0.103. The molecule has 0 aliphatic heterocycles. The van der Waals surface area contributed by atoms with Gasteiger partial charge >= 0.3 is 0 Å². The van der Waals surface area contributed by atoms with Gasteiger partial charge in [0.2, 0.25) is 0 Å². The van der Waals surface area contributed by atoms with Crippen LogP contribution in [0, 0.1) is 6.92 Å². The summed E-state index contributed by atoms with van der Waals surface area (Å²) in [7, 11) is 0. The smallest absolute Gasteiger partial charge is 0.170 e. The van der Waals surface area contributed by atoms with E-state index in [2.05, 4.69) is 10.5 Å². The summed E-state index contributed by atoms with van der Waals surface area (Å²) in [5, 5.41) is 15.7. The lowest BCUT2D eigenvalue weighted by molar-refractivity contribution is 0.318. The summed E-state index contributed by atoms with van der Waals surface area (Å²) in [5.41, 5.74) is 9.42. The molecule has 4 nitrogen and oxygen atoms in total. The monoisotopic (exact) mass is 289 g/mol. The van der Waals surface area contributed by atoms with E-state index in [4.69, 9.17) is 22.5 Å². The lowest BCUT2D eigenvalue weighted by Gasteiger charge is -2.10. The van der Waals surface area contributed by atoms with E-state index < -0.39 is 0 Å². The number of halogens is 1. The summed E-state index contributed by atoms with van der Waals surface area (Å²) < 4.78 is 0. The molecule has 0 heterocycles. The van der Waals surface area contributed by atoms with Gasteiger partial charge in [0.1, 0.15) is 0 Å². The zero-order valence-corrected chi connectivity index (χ0v) is 11.9. The number of oxime groups is 1. The van der Waals surface area contributed by atoms with Crippen molar-refractivity contribution in [2.24, 2.45) is 10.9 Å². The van der Waals surface area contributed by atoms with Gasteiger partial charge in [0.05, 0.1) is 0 Å². The topological polar surface area (TPSA) is 70.6 Å². The Balaban J connectivity index is 2.13. The van der Waals surface area contributed by atoms with Gasteiger partial charge in [-0.25, -0.2) is 0 Å². The van der Waals surface area contributed by atoms with Crippen LogP contribution in [-0.2, 0) is 6.54 Å². The van der Waals surface area contributed by atoms with Gasteiger partial charge < -0.3 is 16.3 Å². The van der Waals surface area contributed by atoms with Gasteiger partial charge in [0.25, 0.3) is 0 Å². The van der Waals surface area contributed by atoms with E-state index in [0.29, 0.717) is 17.1 Å². The predicted octanol–water partition coefficient (Wildman–Crippen LogP) is 3.36. The summed E-state index contributed by atoms with van der Waals surface area (Å²) in [6.45, 7) is 2.65. The molecule has 0 aromatic heterocycles. The van der Waals surface area contributed by atoms with E-state index in [0.717, 1.165) is 16.8 Å². The average Bonchev–Trinajstić information content (AvgIpc) is 2.47. The largest absolute Gasteiger partial charge is 0.409 e. The van der Waals surface area contributed by atoms with Crippen molar-refractivity contribution in [3.05, 3.63) is 64.2 Å². The molecular weight excluding hydrogens is 274 g/mol. The van der Waals surface area contributed by atoms with Crippen LogP contribution in [0.15, 0.2) is 47.6 Å². The minimum Gasteiger partial charge on any atom is -0.409 e. The van der Waals surface area contributed by atoms with E-state index in [1.807, 2.05) is 43.3 Å². The Morgan fingerprint density at radius 3 is 2.85 bits per heavy atom. The van der Waals surface area contributed by atoms with Crippen molar-refractivity contribution in [3.63, 3.8) is 0 Å². The normalized spacial score (nSPS) is 11.4. The molecule has 2 aromatic rings. The van der Waals surface area contributed by atoms with Crippen molar-refractivity contribution in [1.82, 2.24) is 0 Å². The highest BCUT2D eigenvalue weighted by atomic mass is 35.5. The molecule has 0 spiro atoms. The molecule has 0 bridgehead atoms. The van der Waals surface area contributed by atoms with Gasteiger partial charge in [-0.1, -0.05) is 41.0 Å². The molecule has 20 heavy (non-hydrogen) atoms. The number of rotatable bonds is 4. The van der Waals surface area contributed by atoms with Crippen LogP contribution in [0.5, 0.6) is 0 Å². The van der Waals surface area contributed by atoms with E-state index in [1.54, 1.807) is 6.07 Å². The molecular formula is C15H16ClN3O. The van der Waals surface area contributed by atoms with Crippen LogP contribution < -0.4 is 11.1 Å². The molecule has 0 amide bonds. The lowest BCUT2D eigenvalue weighted by atomic mass is 10.1. The molecule has 0 aliphatic rings. The average molecular weight is 290 g/mol. The number of nitrogens with two attached hydrogens (primary N) is 1. The minimum absolute atomic E-state index is 0.103. The summed E-state index contributed by atoms with van der Waals surface area (Å²) in [6.07, 6.45) is 0. The first-order valence-electron chi connectivity index (χ1n) is 6.17. The highest BCUT2D eigenvalue weighted by molar-refractivity contribution is 6.30. The van der Waals surface area contributed by atoms with Crippen LogP contribution in [0.4, 0.5) is 5.69 Å². The highest BCUT2D eigenvalue weighted by Crippen LogP contribution is 2.21. The Labute approximate surface area is 122 Å². The fraction of sp³-hybridized carbons (Fsp3) is 0.133. The molecule has 104 valence electrons. The van der Waals surface area contributed by atoms with Gasteiger partial charge in [-0.15, -0.1) is 0 Å². The second-order valence-electron chi connectivity index (χ2n) is 4.50. The van der Waals surface area contributed by atoms with Crippen LogP contribution in [0.25, 0.3) is 0 Å². The van der Waals surface area contributed by atoms with E-state index in [1.165, 1.54) is 0 Å². The molecule has 2 aromatic carbocycles. The fourth-order valence-electron chi connectivity index (χ4n) is 1.88. The lowest BCUT2D eigenvalue weighted by Crippen LogP contribution is -2.13. The van der Waals surface area contributed by atoms with Crippen LogP contribution in [0.1, 0.15) is 16.7 Å². The first kappa shape index (κ1) is 14.2. The van der Waals surface area contributed by atoms with Gasteiger partial charge in [-0.2, -0.15) is 0 Å². The third-order valence-electron chi connectivity index (χ3n) is 3.01. The first-order valence-corrected chi connectivity index (χ1v) is 6.55. The highest BCUT2D eigenvalue weighted by Gasteiger charge is 2.02. The number of anilines is 1. The van der Waals surface area contributed by atoms with Crippen LogP contribution >= 0.6 is 11.6 Å². The second-order valence-corrected chi connectivity index (χ2v) is 4.93. The Hall–Kier alpha value is -2.20. The quantitative estimate of drug-likeness (QED) is 0.350. The van der Waals surface area contributed by atoms with Crippen LogP contribution in [0.3, 0.4) is 0 Å². The summed E-state index contributed by atoms with van der Waals surface area (Å²) in [4.78, 5) is 0. The Morgan fingerprint density at radius 2 is 2.10 bits per heavy atom. The van der Waals surface area contributed by atoms with Crippen LogP contribution in [-0.4, -0.2) is 11.0 Å². The van der Waals surface area contributed by atoms with Crippen molar-refractivity contribution in [2.45, 2.75) is 13.5 Å². The maximum atomic E-state index is 8.69. The van der Waals surface area contributed by atoms with Gasteiger partial charge in [-0.05, 0) is 36.2 Å². The number of nitrogens with one attached hydrogen (secondary N) is 1. The molecule has 0 fully saturated rings. The standard InChI is InChI=1S/C15H16ClN3O/c1-10-5-6-13(16)8-14(10)18-9-11-3-2-4-12(7-11)15(17)19-20/h2-8,18,20H,9H2,1H3,(H2,17,19). The van der Waals surface area contributed by atoms with Crippen LogP contribution in [0.2, 0.25) is 5.02 Å². The molecule has 0 atom stereocenters. The van der Waals surface area contributed by atoms with Gasteiger partial charge in [0.15, 0.2) is 5.84 Å². The first-order chi connectivity index (χ1) is 9.60. The number of hydrogen-bond donors (Lipinski definition) is 3. The summed E-state index contributed by atoms with van der Waals surface area (Å²) in [5.74, 6) is 0.103. The Bertz CT molecular complexity index is 641. The van der Waals surface area contributed by atoms with Crippen molar-refractivity contribution in [1.29, 1.82) is 0 Å². The number of aryl methyl sites for hydroxylation is 1. The zero-order chi connectivity index (χ0) is 14.5. The molecule has 0 radical (unpaired) electrons. The summed E-state index contributed by atoms with van der Waals surface area (Å²) in [6, 6.07) is 13.2. The van der Waals surface area contributed by atoms with Crippen molar-refractivity contribution < 1.29 is 5.21 Å².